The van der Waals surface area contributed by atoms with E-state index in [4.69, 9.17) is 9.47 Å². The molecular weight excluding hydrogens is 420 g/mol. The quantitative estimate of drug-likeness (QED) is 0.624. The Labute approximate surface area is 182 Å². The summed E-state index contributed by atoms with van der Waals surface area (Å²) in [6, 6.07) is 13.5. The average Bonchev–Trinajstić information content (AvgIpc) is 2.80. The summed E-state index contributed by atoms with van der Waals surface area (Å²) in [4.78, 5) is 26.6. The number of nitrogens with zero attached hydrogens (tertiary/aromatic N) is 1. The number of amides is 1. The molecule has 2 aromatic rings. The van der Waals surface area contributed by atoms with Crippen LogP contribution in [-0.2, 0) is 30.8 Å². The molecule has 0 fully saturated rings. The standard InChI is InChI=1S/C22H26N2O6S/c1-3-14-23-31(27,28)17-11-8-16(9-12-17)10-13-21(25)24-15-20(22(26)29-2)30-19-7-5-4-6-18(19)24/h4-9,11-12,20,23H,3,10,13-15H2,1-2H3/t20-/m1/s1. The fourth-order valence-corrected chi connectivity index (χ4v) is 4.40. The van der Waals surface area contributed by atoms with Gasteiger partial charge in [-0.05, 0) is 42.7 Å². The van der Waals surface area contributed by atoms with Gasteiger partial charge in [0.2, 0.25) is 22.0 Å². The highest BCUT2D eigenvalue weighted by Gasteiger charge is 2.34. The summed E-state index contributed by atoms with van der Waals surface area (Å²) in [7, 11) is -2.24. The molecule has 2 aromatic carbocycles. The number of aryl methyl sites for hydroxylation is 1. The van der Waals surface area contributed by atoms with Gasteiger partial charge in [0.05, 0.1) is 24.2 Å². The Kier molecular flexibility index (Phi) is 7.29. The predicted octanol–water partition coefficient (Wildman–Crippen LogP) is 2.27. The lowest BCUT2D eigenvalue weighted by atomic mass is 10.1. The Balaban J connectivity index is 1.68. The van der Waals surface area contributed by atoms with Crippen LogP contribution in [0.25, 0.3) is 0 Å². The van der Waals surface area contributed by atoms with Gasteiger partial charge in [-0.25, -0.2) is 17.9 Å². The molecular formula is C22H26N2O6S. The molecule has 1 N–H and O–H groups in total. The van der Waals surface area contributed by atoms with Crippen LogP contribution in [0, 0.1) is 0 Å². The van der Waals surface area contributed by atoms with Crippen molar-refractivity contribution in [3.63, 3.8) is 0 Å². The largest absolute Gasteiger partial charge is 0.475 e. The van der Waals surface area contributed by atoms with Crippen molar-refractivity contribution in [1.29, 1.82) is 0 Å². The van der Waals surface area contributed by atoms with Gasteiger partial charge in [0.1, 0.15) is 5.75 Å². The van der Waals surface area contributed by atoms with Crippen molar-refractivity contribution < 1.29 is 27.5 Å². The number of hydrogen-bond donors (Lipinski definition) is 1. The molecule has 0 aliphatic carbocycles. The van der Waals surface area contributed by atoms with Crippen LogP contribution in [0.1, 0.15) is 25.3 Å². The summed E-state index contributed by atoms with van der Waals surface area (Å²) in [6.45, 7) is 2.35. The number of rotatable bonds is 8. The van der Waals surface area contributed by atoms with E-state index in [1.807, 2.05) is 6.92 Å². The monoisotopic (exact) mass is 446 g/mol. The third-order valence-corrected chi connectivity index (χ3v) is 6.42. The molecule has 1 aliphatic heterocycles. The number of anilines is 1. The van der Waals surface area contributed by atoms with Crippen molar-refractivity contribution in [2.24, 2.45) is 0 Å². The number of methoxy groups -OCH3 is 1. The highest BCUT2D eigenvalue weighted by molar-refractivity contribution is 7.89. The molecule has 0 unspecified atom stereocenters. The zero-order valence-corrected chi connectivity index (χ0v) is 18.4. The van der Waals surface area contributed by atoms with E-state index >= 15 is 0 Å². The number of ether oxygens (including phenoxy) is 2. The summed E-state index contributed by atoms with van der Waals surface area (Å²) in [5, 5.41) is 0. The first kappa shape index (κ1) is 22.8. The molecule has 0 radical (unpaired) electrons. The smallest absolute Gasteiger partial charge is 0.348 e. The second-order valence-electron chi connectivity index (χ2n) is 7.14. The first-order valence-corrected chi connectivity index (χ1v) is 11.6. The fraction of sp³-hybridized carbons (Fsp3) is 0.364. The minimum absolute atomic E-state index is 0.0722. The third-order valence-electron chi connectivity index (χ3n) is 4.94. The van der Waals surface area contributed by atoms with Crippen LogP contribution >= 0.6 is 0 Å². The topological polar surface area (TPSA) is 102 Å². The molecule has 0 saturated heterocycles. The van der Waals surface area contributed by atoms with Crippen LogP contribution in [-0.4, -0.2) is 46.6 Å². The van der Waals surface area contributed by atoms with Gasteiger partial charge < -0.3 is 14.4 Å². The van der Waals surface area contributed by atoms with Gasteiger partial charge in [-0.2, -0.15) is 0 Å². The number of fused-ring (bicyclic) bond motifs is 1. The second-order valence-corrected chi connectivity index (χ2v) is 8.91. The normalized spacial score (nSPS) is 15.7. The van der Waals surface area contributed by atoms with Gasteiger partial charge in [-0.3, -0.25) is 4.79 Å². The summed E-state index contributed by atoms with van der Waals surface area (Å²) in [5.74, 6) is -0.251. The van der Waals surface area contributed by atoms with Crippen molar-refractivity contribution in [1.82, 2.24) is 4.72 Å². The maximum absolute atomic E-state index is 12.9. The molecule has 1 amide bonds. The van der Waals surface area contributed by atoms with Crippen LogP contribution in [0.5, 0.6) is 5.75 Å². The predicted molar refractivity (Wildman–Crippen MR) is 115 cm³/mol. The summed E-state index contributed by atoms with van der Waals surface area (Å²) in [6.07, 6.45) is 0.455. The maximum Gasteiger partial charge on any atom is 0.348 e. The lowest BCUT2D eigenvalue weighted by Crippen LogP contribution is -2.47. The van der Waals surface area contributed by atoms with Crippen molar-refractivity contribution >= 4 is 27.6 Å². The SMILES string of the molecule is CCCNS(=O)(=O)c1ccc(CCC(=O)N2C[C@H](C(=O)OC)Oc3ccccc32)cc1. The molecule has 1 atom stereocenters. The number of nitrogens with one attached hydrogen (secondary N) is 1. The van der Waals surface area contributed by atoms with E-state index in [9.17, 15) is 18.0 Å². The van der Waals surface area contributed by atoms with E-state index in [2.05, 4.69) is 4.72 Å². The summed E-state index contributed by atoms with van der Waals surface area (Å²) < 4.78 is 37.3. The van der Waals surface area contributed by atoms with Gasteiger partial charge in [-0.15, -0.1) is 0 Å². The molecule has 3 rings (SSSR count). The van der Waals surface area contributed by atoms with Crippen molar-refractivity contribution in [3.8, 4) is 5.75 Å². The Morgan fingerprint density at radius 2 is 1.87 bits per heavy atom. The van der Waals surface area contributed by atoms with E-state index < -0.39 is 22.1 Å². The van der Waals surface area contributed by atoms with E-state index in [1.165, 1.54) is 24.1 Å². The molecule has 0 saturated carbocycles. The van der Waals surface area contributed by atoms with Crippen LogP contribution in [0.15, 0.2) is 53.4 Å². The number of para-hydroxylation sites is 2. The van der Waals surface area contributed by atoms with Crippen LogP contribution in [0.3, 0.4) is 0 Å². The lowest BCUT2D eigenvalue weighted by Gasteiger charge is -2.33. The molecule has 31 heavy (non-hydrogen) atoms. The number of benzene rings is 2. The number of esters is 1. The fourth-order valence-electron chi connectivity index (χ4n) is 3.27. The average molecular weight is 447 g/mol. The molecule has 8 nitrogen and oxygen atoms in total. The van der Waals surface area contributed by atoms with E-state index in [1.54, 1.807) is 36.4 Å². The Morgan fingerprint density at radius 3 is 2.55 bits per heavy atom. The van der Waals surface area contributed by atoms with Gasteiger partial charge in [0.15, 0.2) is 0 Å². The van der Waals surface area contributed by atoms with E-state index in [-0.39, 0.29) is 23.8 Å². The molecule has 1 heterocycles. The van der Waals surface area contributed by atoms with Gasteiger partial charge in [-0.1, -0.05) is 31.2 Å². The molecule has 0 aromatic heterocycles. The van der Waals surface area contributed by atoms with E-state index in [0.29, 0.717) is 30.8 Å². The van der Waals surface area contributed by atoms with Gasteiger partial charge in [0, 0.05) is 13.0 Å². The Bertz CT molecular complexity index is 1040. The lowest BCUT2D eigenvalue weighted by molar-refractivity contribution is -0.148. The molecule has 1 aliphatic rings. The minimum atomic E-state index is -3.52. The number of carbonyl (C=O) groups excluding carboxylic acids is 2. The number of hydrogen-bond acceptors (Lipinski definition) is 6. The highest BCUT2D eigenvalue weighted by Crippen LogP contribution is 2.33. The van der Waals surface area contributed by atoms with Crippen LogP contribution in [0.4, 0.5) is 5.69 Å². The Morgan fingerprint density at radius 1 is 1.16 bits per heavy atom. The number of sulfonamides is 1. The van der Waals surface area contributed by atoms with Crippen molar-refractivity contribution in [3.05, 3.63) is 54.1 Å². The van der Waals surface area contributed by atoms with Crippen LogP contribution in [0.2, 0.25) is 0 Å². The first-order chi connectivity index (χ1) is 14.9. The van der Waals surface area contributed by atoms with Crippen molar-refractivity contribution in [2.45, 2.75) is 37.2 Å². The highest BCUT2D eigenvalue weighted by atomic mass is 32.2. The Hall–Kier alpha value is -2.91. The zero-order chi connectivity index (χ0) is 22.4. The van der Waals surface area contributed by atoms with Crippen LogP contribution < -0.4 is 14.4 Å². The zero-order valence-electron chi connectivity index (χ0n) is 17.5. The van der Waals surface area contributed by atoms with Crippen molar-refractivity contribution in [2.75, 3.05) is 25.1 Å². The molecule has 9 heteroatoms. The summed E-state index contributed by atoms with van der Waals surface area (Å²) >= 11 is 0. The molecule has 0 bridgehead atoms. The number of carbonyl (C=O) groups is 2. The maximum atomic E-state index is 12.9. The van der Waals surface area contributed by atoms with Gasteiger partial charge in [0.25, 0.3) is 0 Å². The minimum Gasteiger partial charge on any atom is -0.475 e. The van der Waals surface area contributed by atoms with Gasteiger partial charge >= 0.3 is 5.97 Å². The van der Waals surface area contributed by atoms with E-state index in [0.717, 1.165) is 5.56 Å². The first-order valence-electron chi connectivity index (χ1n) is 10.1. The molecule has 166 valence electrons. The molecule has 0 spiro atoms. The second kappa shape index (κ2) is 9.93. The summed E-state index contributed by atoms with van der Waals surface area (Å²) in [5.41, 5.74) is 1.45. The third kappa shape index (κ3) is 5.42.